The summed E-state index contributed by atoms with van der Waals surface area (Å²) < 4.78 is 150. The minimum atomic E-state index is -4.30. The van der Waals surface area contributed by atoms with E-state index >= 15 is 0 Å². The average molecular weight is 508 g/mol. The zero-order chi connectivity index (χ0) is 26.3. The zero-order valence-corrected chi connectivity index (χ0v) is 18.0. The number of hydrogen-bond acceptors (Lipinski definition) is 3. The molecule has 198 valence electrons. The average Bonchev–Trinajstić information content (AvgIpc) is 2.64. The van der Waals surface area contributed by atoms with E-state index in [9.17, 15) is 52.7 Å². The van der Waals surface area contributed by atoms with Gasteiger partial charge >= 0.3 is 37.6 Å². The summed E-state index contributed by atoms with van der Waals surface area (Å²) in [6.07, 6.45) is -23.8. The normalized spacial score (nSPS) is 12.9. The van der Waals surface area contributed by atoms with Crippen molar-refractivity contribution < 1.29 is 66.9 Å². The van der Waals surface area contributed by atoms with E-state index in [0.717, 1.165) is 0 Å². The first kappa shape index (κ1) is 35.6. The molecule has 0 aliphatic rings. The molecule has 0 aliphatic heterocycles. The van der Waals surface area contributed by atoms with Gasteiger partial charge in [-0.3, -0.25) is 0 Å². The maximum atomic E-state index is 11.9. The molecule has 0 spiro atoms. The summed E-state index contributed by atoms with van der Waals surface area (Å²) in [7, 11) is 0. The van der Waals surface area contributed by atoms with Crippen LogP contribution in [0.5, 0.6) is 0 Å². The second kappa shape index (κ2) is 16.6. The second-order valence-electron chi connectivity index (χ2n) is 6.85. The molecule has 3 nitrogen and oxygen atoms in total. The number of alkyl halides is 12. The third-order valence-corrected chi connectivity index (χ3v) is 2.48. The van der Waals surface area contributed by atoms with Crippen LogP contribution in [0.15, 0.2) is 0 Å². The van der Waals surface area contributed by atoms with Gasteiger partial charge in [0.2, 0.25) is 0 Å². The van der Waals surface area contributed by atoms with Crippen molar-refractivity contribution in [1.29, 1.82) is 0 Å². The van der Waals surface area contributed by atoms with E-state index in [1.807, 2.05) is 0 Å². The Bertz CT molecular complexity index is 418. The van der Waals surface area contributed by atoms with Crippen LogP contribution in [-0.4, -0.2) is 57.4 Å². The lowest BCUT2D eigenvalue weighted by Crippen LogP contribution is -2.31. The minimum absolute atomic E-state index is 0.181. The standard InChI is InChI=1S/2C6H10F4O.C5H8F4O/c2*1-4(2)3-11-6(9,10)5(7)8;1-2-3-10-5(8,9)4(6)7/h2*4-5H,3H2,1-2H3;4H,2-3H2,1H3. The van der Waals surface area contributed by atoms with E-state index < -0.39 is 37.6 Å². The summed E-state index contributed by atoms with van der Waals surface area (Å²) in [6.45, 7) is 6.87. The van der Waals surface area contributed by atoms with E-state index in [0.29, 0.717) is 6.42 Å². The first-order valence-electron chi connectivity index (χ1n) is 9.12. The third kappa shape index (κ3) is 19.7. The van der Waals surface area contributed by atoms with E-state index in [1.165, 1.54) is 0 Å². The van der Waals surface area contributed by atoms with Gasteiger partial charge in [0.15, 0.2) is 0 Å². The first-order chi connectivity index (χ1) is 14.2. The van der Waals surface area contributed by atoms with Crippen molar-refractivity contribution in [1.82, 2.24) is 0 Å². The van der Waals surface area contributed by atoms with Crippen molar-refractivity contribution in [3.05, 3.63) is 0 Å². The highest BCUT2D eigenvalue weighted by Crippen LogP contribution is 2.25. The molecule has 0 aromatic rings. The molecule has 0 aliphatic carbocycles. The van der Waals surface area contributed by atoms with Crippen molar-refractivity contribution in [2.24, 2.45) is 11.8 Å². The van der Waals surface area contributed by atoms with Crippen LogP contribution >= 0.6 is 0 Å². The van der Waals surface area contributed by atoms with Crippen LogP contribution in [-0.2, 0) is 14.2 Å². The Morgan fingerprint density at radius 2 is 0.781 bits per heavy atom. The molecule has 0 N–H and O–H groups in total. The Morgan fingerprint density at radius 3 is 0.969 bits per heavy atom. The smallest absolute Gasteiger partial charge is 0.316 e. The largest absolute Gasteiger partial charge is 0.416 e. The minimum Gasteiger partial charge on any atom is -0.316 e. The SMILES string of the molecule is CC(C)COC(F)(F)C(F)F.CC(C)COC(F)(F)C(F)F.CCCOC(F)(F)C(F)F. The van der Waals surface area contributed by atoms with Gasteiger partial charge in [0, 0.05) is 0 Å². The van der Waals surface area contributed by atoms with Crippen LogP contribution < -0.4 is 0 Å². The van der Waals surface area contributed by atoms with Gasteiger partial charge in [-0.05, 0) is 18.3 Å². The number of rotatable bonds is 12. The van der Waals surface area contributed by atoms with Crippen LogP contribution in [0.1, 0.15) is 41.0 Å². The van der Waals surface area contributed by atoms with Gasteiger partial charge in [-0.1, -0.05) is 34.6 Å². The molecule has 32 heavy (non-hydrogen) atoms. The lowest BCUT2D eigenvalue weighted by atomic mass is 10.2. The van der Waals surface area contributed by atoms with Crippen molar-refractivity contribution >= 4 is 0 Å². The van der Waals surface area contributed by atoms with Gasteiger partial charge in [-0.25, -0.2) is 26.3 Å². The molecule has 0 fully saturated rings. The predicted molar refractivity (Wildman–Crippen MR) is 90.7 cm³/mol. The Balaban J connectivity index is -0.000000395. The molecule has 0 unspecified atom stereocenters. The van der Waals surface area contributed by atoms with Gasteiger partial charge in [-0.15, -0.1) is 0 Å². The molecule has 0 saturated carbocycles. The first-order valence-corrected chi connectivity index (χ1v) is 9.12. The topological polar surface area (TPSA) is 27.7 Å². The molecule has 0 aromatic carbocycles. The van der Waals surface area contributed by atoms with Gasteiger partial charge in [0.1, 0.15) is 0 Å². The van der Waals surface area contributed by atoms with Crippen molar-refractivity contribution in [3.63, 3.8) is 0 Å². The van der Waals surface area contributed by atoms with Crippen LogP contribution in [0.2, 0.25) is 0 Å². The van der Waals surface area contributed by atoms with Gasteiger partial charge in [0.05, 0.1) is 19.8 Å². The second-order valence-corrected chi connectivity index (χ2v) is 6.85. The van der Waals surface area contributed by atoms with Crippen molar-refractivity contribution in [2.45, 2.75) is 78.6 Å². The van der Waals surface area contributed by atoms with Crippen molar-refractivity contribution in [2.75, 3.05) is 19.8 Å². The third-order valence-electron chi connectivity index (χ3n) is 2.48. The molecule has 0 heterocycles. The molecule has 15 heteroatoms. The van der Waals surface area contributed by atoms with E-state index in [1.54, 1.807) is 34.6 Å². The molecule has 0 saturated heterocycles. The summed E-state index contributed by atoms with van der Waals surface area (Å²) in [5.74, 6) is -0.362. The molecule has 0 rings (SSSR count). The highest BCUT2D eigenvalue weighted by molar-refractivity contribution is 4.56. The summed E-state index contributed by atoms with van der Waals surface area (Å²) in [4.78, 5) is 0. The van der Waals surface area contributed by atoms with Crippen LogP contribution in [0.4, 0.5) is 52.7 Å². The Kier molecular flexibility index (Phi) is 18.5. The zero-order valence-electron chi connectivity index (χ0n) is 18.0. The van der Waals surface area contributed by atoms with E-state index in [-0.39, 0.29) is 31.7 Å². The summed E-state index contributed by atoms with van der Waals surface area (Å²) in [5, 5.41) is 0. The monoisotopic (exact) mass is 508 g/mol. The molecule has 0 radical (unpaired) electrons. The predicted octanol–water partition coefficient (Wildman–Crippen LogP) is 7.30. The Morgan fingerprint density at radius 1 is 0.531 bits per heavy atom. The molecule has 0 bridgehead atoms. The Hall–Kier alpha value is -0.960. The summed E-state index contributed by atoms with van der Waals surface area (Å²) >= 11 is 0. The summed E-state index contributed by atoms with van der Waals surface area (Å²) in [5.41, 5.74) is 0. The fourth-order valence-corrected chi connectivity index (χ4v) is 0.983. The van der Waals surface area contributed by atoms with Crippen LogP contribution in [0, 0.1) is 11.8 Å². The molecular formula is C17H28F12O3. The van der Waals surface area contributed by atoms with E-state index in [2.05, 4.69) is 14.2 Å². The maximum Gasteiger partial charge on any atom is 0.416 e. The number of hydrogen-bond donors (Lipinski definition) is 0. The summed E-state index contributed by atoms with van der Waals surface area (Å²) in [6, 6.07) is 0. The highest BCUT2D eigenvalue weighted by Gasteiger charge is 2.43. The molecular weight excluding hydrogens is 480 g/mol. The fraction of sp³-hybridized carbons (Fsp3) is 1.00. The van der Waals surface area contributed by atoms with Crippen LogP contribution in [0.3, 0.4) is 0 Å². The molecule has 0 amide bonds. The van der Waals surface area contributed by atoms with Gasteiger partial charge in [0.25, 0.3) is 0 Å². The lowest BCUT2D eigenvalue weighted by molar-refractivity contribution is -0.303. The molecule has 0 aromatic heterocycles. The van der Waals surface area contributed by atoms with Crippen LogP contribution in [0.25, 0.3) is 0 Å². The van der Waals surface area contributed by atoms with Crippen molar-refractivity contribution in [3.8, 4) is 0 Å². The lowest BCUT2D eigenvalue weighted by Gasteiger charge is -2.16. The number of halogens is 12. The van der Waals surface area contributed by atoms with Gasteiger partial charge < -0.3 is 14.2 Å². The van der Waals surface area contributed by atoms with E-state index in [4.69, 9.17) is 0 Å². The maximum absolute atomic E-state index is 11.9. The highest BCUT2D eigenvalue weighted by atomic mass is 19.3. The fourth-order valence-electron chi connectivity index (χ4n) is 0.983. The Labute approximate surface area is 178 Å². The quantitative estimate of drug-likeness (QED) is 0.259. The molecule has 0 atom stereocenters. The van der Waals surface area contributed by atoms with Gasteiger partial charge in [-0.2, -0.15) is 26.3 Å². The number of ether oxygens (including phenoxy) is 3.